The number of esters is 1. The standard InChI is InChI=1S/C12H8FNO4S/c13-11-4-3-8(14(16)17)6-10(11)12(15)18-7-9-2-1-5-19-9/h1-6H,7H2. The normalized spacial score (nSPS) is 10.2. The van der Waals surface area contributed by atoms with Crippen LogP contribution in [0.1, 0.15) is 15.2 Å². The fraction of sp³-hybridized carbons (Fsp3) is 0.0833. The first kappa shape index (κ1) is 13.2. The molecule has 1 aromatic heterocycles. The number of nitro benzene ring substituents is 1. The monoisotopic (exact) mass is 281 g/mol. The van der Waals surface area contributed by atoms with E-state index in [0.717, 1.165) is 23.1 Å². The number of hydrogen-bond donors (Lipinski definition) is 0. The van der Waals surface area contributed by atoms with Crippen LogP contribution in [0.3, 0.4) is 0 Å². The van der Waals surface area contributed by atoms with Gasteiger partial charge >= 0.3 is 5.97 Å². The van der Waals surface area contributed by atoms with E-state index in [9.17, 15) is 19.3 Å². The van der Waals surface area contributed by atoms with Crippen LogP contribution in [0.15, 0.2) is 35.7 Å². The summed E-state index contributed by atoms with van der Waals surface area (Å²) >= 11 is 1.39. The van der Waals surface area contributed by atoms with Crippen molar-refractivity contribution >= 4 is 23.0 Å². The van der Waals surface area contributed by atoms with Crippen molar-refractivity contribution in [2.45, 2.75) is 6.61 Å². The molecule has 7 heteroatoms. The summed E-state index contributed by atoms with van der Waals surface area (Å²) in [5.41, 5.74) is -0.796. The van der Waals surface area contributed by atoms with Gasteiger partial charge in [-0.1, -0.05) is 6.07 Å². The van der Waals surface area contributed by atoms with Gasteiger partial charge in [0.15, 0.2) is 0 Å². The van der Waals surface area contributed by atoms with Crippen LogP contribution in [0.4, 0.5) is 10.1 Å². The topological polar surface area (TPSA) is 69.4 Å². The summed E-state index contributed by atoms with van der Waals surface area (Å²) in [6.07, 6.45) is 0. The molecule has 1 aromatic carbocycles. The minimum Gasteiger partial charge on any atom is -0.456 e. The summed E-state index contributed by atoms with van der Waals surface area (Å²) in [6.45, 7) is 0.0125. The van der Waals surface area contributed by atoms with Crippen molar-refractivity contribution in [3.63, 3.8) is 0 Å². The molecule has 0 fully saturated rings. The Morgan fingerprint density at radius 1 is 1.42 bits per heavy atom. The van der Waals surface area contributed by atoms with Crippen molar-refractivity contribution in [2.24, 2.45) is 0 Å². The maximum Gasteiger partial charge on any atom is 0.341 e. The average Bonchev–Trinajstić information content (AvgIpc) is 2.89. The highest BCUT2D eigenvalue weighted by Crippen LogP contribution is 2.18. The van der Waals surface area contributed by atoms with Crippen LogP contribution < -0.4 is 0 Å². The molecular formula is C12H8FNO4S. The number of nitrogens with zero attached hydrogens (tertiary/aromatic N) is 1. The lowest BCUT2D eigenvalue weighted by Gasteiger charge is -2.04. The van der Waals surface area contributed by atoms with Gasteiger partial charge in [-0.3, -0.25) is 10.1 Å². The van der Waals surface area contributed by atoms with E-state index < -0.39 is 22.3 Å². The predicted octanol–water partition coefficient (Wildman–Crippen LogP) is 3.15. The van der Waals surface area contributed by atoms with Crippen LogP contribution in [0.2, 0.25) is 0 Å². The SMILES string of the molecule is O=C(OCc1cccs1)c1cc([N+](=O)[O-])ccc1F. The van der Waals surface area contributed by atoms with Gasteiger partial charge in [0.1, 0.15) is 18.0 Å². The molecule has 5 nitrogen and oxygen atoms in total. The van der Waals surface area contributed by atoms with E-state index in [1.807, 2.05) is 5.38 Å². The Bertz CT molecular complexity index is 612. The summed E-state index contributed by atoms with van der Waals surface area (Å²) in [5, 5.41) is 12.4. The van der Waals surface area contributed by atoms with Crippen LogP contribution in [0.25, 0.3) is 0 Å². The molecule has 0 unspecified atom stereocenters. The Morgan fingerprint density at radius 3 is 2.84 bits per heavy atom. The molecule has 19 heavy (non-hydrogen) atoms. The number of carbonyl (C=O) groups is 1. The van der Waals surface area contributed by atoms with E-state index in [2.05, 4.69) is 0 Å². The third-order valence-electron chi connectivity index (χ3n) is 2.31. The number of benzene rings is 1. The second-order valence-electron chi connectivity index (χ2n) is 3.58. The van der Waals surface area contributed by atoms with Crippen molar-refractivity contribution < 1.29 is 18.8 Å². The molecule has 0 N–H and O–H groups in total. The first-order chi connectivity index (χ1) is 9.08. The molecule has 0 amide bonds. The zero-order valence-corrected chi connectivity index (χ0v) is 10.4. The van der Waals surface area contributed by atoms with Crippen LogP contribution >= 0.6 is 11.3 Å². The van der Waals surface area contributed by atoms with Crippen LogP contribution in [0, 0.1) is 15.9 Å². The van der Waals surface area contributed by atoms with E-state index in [-0.39, 0.29) is 12.3 Å². The smallest absolute Gasteiger partial charge is 0.341 e. The highest BCUT2D eigenvalue weighted by atomic mass is 32.1. The first-order valence-electron chi connectivity index (χ1n) is 5.21. The second-order valence-corrected chi connectivity index (χ2v) is 4.61. The quantitative estimate of drug-likeness (QED) is 0.490. The Labute approximate surface area is 111 Å². The molecule has 0 saturated carbocycles. The van der Waals surface area contributed by atoms with E-state index in [1.165, 1.54) is 11.3 Å². The molecule has 0 bridgehead atoms. The summed E-state index contributed by atoms with van der Waals surface area (Å²) in [4.78, 5) is 22.3. The molecule has 2 aromatic rings. The molecule has 1 heterocycles. The molecule has 0 spiro atoms. The zero-order valence-electron chi connectivity index (χ0n) is 9.54. The number of rotatable bonds is 4. The van der Waals surface area contributed by atoms with Crippen molar-refractivity contribution in [3.05, 3.63) is 62.1 Å². The Balaban J connectivity index is 2.14. The number of thiophene rings is 1. The first-order valence-corrected chi connectivity index (χ1v) is 6.09. The van der Waals surface area contributed by atoms with Crippen LogP contribution in [0.5, 0.6) is 0 Å². The van der Waals surface area contributed by atoms with Crippen molar-refractivity contribution in [1.82, 2.24) is 0 Å². The van der Waals surface area contributed by atoms with Crippen molar-refractivity contribution in [3.8, 4) is 0 Å². The van der Waals surface area contributed by atoms with Crippen molar-refractivity contribution in [1.29, 1.82) is 0 Å². The third-order valence-corrected chi connectivity index (χ3v) is 3.16. The average molecular weight is 281 g/mol. The second kappa shape index (κ2) is 5.57. The molecule has 0 atom stereocenters. The minimum atomic E-state index is -0.922. The van der Waals surface area contributed by atoms with Gasteiger partial charge < -0.3 is 4.74 Å². The predicted molar refractivity (Wildman–Crippen MR) is 66.5 cm³/mol. The van der Waals surface area contributed by atoms with Gasteiger partial charge in [0.05, 0.1) is 4.92 Å². The molecule has 0 aliphatic carbocycles. The number of non-ortho nitro benzene ring substituents is 1. The number of ether oxygens (including phenoxy) is 1. The Kier molecular flexibility index (Phi) is 3.86. The minimum absolute atomic E-state index is 0.0125. The van der Waals surface area contributed by atoms with E-state index in [1.54, 1.807) is 12.1 Å². The molecular weight excluding hydrogens is 273 g/mol. The van der Waals surface area contributed by atoms with Crippen molar-refractivity contribution in [2.75, 3.05) is 0 Å². The van der Waals surface area contributed by atoms with Gasteiger partial charge in [0, 0.05) is 17.0 Å². The van der Waals surface area contributed by atoms with Crippen LogP contribution in [-0.2, 0) is 11.3 Å². The highest BCUT2D eigenvalue weighted by molar-refractivity contribution is 7.09. The van der Waals surface area contributed by atoms with E-state index >= 15 is 0 Å². The zero-order chi connectivity index (χ0) is 13.8. The largest absolute Gasteiger partial charge is 0.456 e. The molecule has 98 valence electrons. The number of nitro groups is 1. The van der Waals surface area contributed by atoms with E-state index in [4.69, 9.17) is 4.74 Å². The van der Waals surface area contributed by atoms with E-state index in [0.29, 0.717) is 0 Å². The maximum absolute atomic E-state index is 13.4. The van der Waals surface area contributed by atoms with Gasteiger partial charge in [-0.2, -0.15) is 0 Å². The lowest BCUT2D eigenvalue weighted by atomic mass is 10.2. The molecule has 0 saturated heterocycles. The Morgan fingerprint density at radius 2 is 2.21 bits per heavy atom. The molecule has 0 aliphatic heterocycles. The highest BCUT2D eigenvalue weighted by Gasteiger charge is 2.18. The fourth-order valence-electron chi connectivity index (χ4n) is 1.39. The molecule has 2 rings (SSSR count). The summed E-state index contributed by atoms with van der Waals surface area (Å²) in [5.74, 6) is -1.77. The maximum atomic E-state index is 13.4. The Hall–Kier alpha value is -2.28. The lowest BCUT2D eigenvalue weighted by Crippen LogP contribution is -2.07. The van der Waals surface area contributed by atoms with Crippen LogP contribution in [-0.4, -0.2) is 10.9 Å². The molecule has 0 aliphatic rings. The number of halogens is 1. The summed E-state index contributed by atoms with van der Waals surface area (Å²) in [6, 6.07) is 6.29. The summed E-state index contributed by atoms with van der Waals surface area (Å²) < 4.78 is 18.3. The fourth-order valence-corrected chi connectivity index (χ4v) is 2.01. The van der Waals surface area contributed by atoms with Gasteiger partial charge in [0.25, 0.3) is 5.69 Å². The lowest BCUT2D eigenvalue weighted by molar-refractivity contribution is -0.384. The van der Waals surface area contributed by atoms with Gasteiger partial charge in [-0.25, -0.2) is 9.18 Å². The third kappa shape index (κ3) is 3.14. The summed E-state index contributed by atoms with van der Waals surface area (Å²) in [7, 11) is 0. The number of hydrogen-bond acceptors (Lipinski definition) is 5. The van der Waals surface area contributed by atoms with Gasteiger partial charge in [0.2, 0.25) is 0 Å². The van der Waals surface area contributed by atoms with Gasteiger partial charge in [-0.15, -0.1) is 11.3 Å². The molecule has 0 radical (unpaired) electrons. The number of carbonyl (C=O) groups excluding carboxylic acids is 1. The van der Waals surface area contributed by atoms with Gasteiger partial charge in [-0.05, 0) is 17.5 Å².